The van der Waals surface area contributed by atoms with E-state index < -0.39 is 0 Å². The maximum absolute atomic E-state index is 12.3. The van der Waals surface area contributed by atoms with Crippen LogP contribution in [-0.2, 0) is 9.53 Å². The Labute approximate surface area is 97.9 Å². The smallest absolute Gasteiger partial charge is 0.155 e. The first-order valence-corrected chi connectivity index (χ1v) is 6.53. The van der Waals surface area contributed by atoms with Crippen molar-refractivity contribution in [1.29, 1.82) is 0 Å². The molecule has 16 heavy (non-hydrogen) atoms. The lowest BCUT2D eigenvalue weighted by atomic mass is 9.73. The number of nitrogens with one attached hydrogen (secondary N) is 1. The molecule has 0 radical (unpaired) electrons. The van der Waals surface area contributed by atoms with Crippen molar-refractivity contribution in [3.8, 4) is 0 Å². The lowest BCUT2D eigenvalue weighted by Crippen LogP contribution is -2.49. The van der Waals surface area contributed by atoms with Gasteiger partial charge in [0, 0.05) is 12.5 Å². The van der Waals surface area contributed by atoms with Crippen LogP contribution in [0.1, 0.15) is 33.1 Å². The van der Waals surface area contributed by atoms with E-state index in [1.807, 2.05) is 0 Å². The fourth-order valence-corrected chi connectivity index (χ4v) is 2.84. The van der Waals surface area contributed by atoms with Gasteiger partial charge in [-0.15, -0.1) is 0 Å². The molecular weight excluding hydrogens is 202 g/mol. The van der Waals surface area contributed by atoms with Crippen LogP contribution >= 0.6 is 0 Å². The van der Waals surface area contributed by atoms with E-state index in [-0.39, 0.29) is 12.0 Å². The Morgan fingerprint density at radius 2 is 2.06 bits per heavy atom. The highest BCUT2D eigenvalue weighted by Crippen LogP contribution is 2.34. The van der Waals surface area contributed by atoms with Crippen LogP contribution in [0.15, 0.2) is 0 Å². The van der Waals surface area contributed by atoms with Crippen LogP contribution in [0.25, 0.3) is 0 Å². The molecule has 1 saturated heterocycles. The molecule has 0 aromatic rings. The lowest BCUT2D eigenvalue weighted by molar-refractivity contribution is -0.129. The first-order valence-electron chi connectivity index (χ1n) is 6.53. The summed E-state index contributed by atoms with van der Waals surface area (Å²) < 4.78 is 5.36. The van der Waals surface area contributed by atoms with Gasteiger partial charge in [0.15, 0.2) is 5.78 Å². The van der Waals surface area contributed by atoms with E-state index in [9.17, 15) is 4.79 Å². The summed E-state index contributed by atoms with van der Waals surface area (Å²) in [4.78, 5) is 12.3. The summed E-state index contributed by atoms with van der Waals surface area (Å²) in [6.07, 6.45) is 3.34. The molecule has 1 N–H and O–H groups in total. The highest BCUT2D eigenvalue weighted by atomic mass is 16.5. The van der Waals surface area contributed by atoms with Crippen molar-refractivity contribution in [1.82, 2.24) is 5.32 Å². The van der Waals surface area contributed by atoms with Gasteiger partial charge in [0.1, 0.15) is 0 Å². The van der Waals surface area contributed by atoms with Crippen LogP contribution in [0.3, 0.4) is 0 Å². The molecule has 1 saturated carbocycles. The van der Waals surface area contributed by atoms with Crippen LogP contribution in [0, 0.1) is 17.8 Å². The molecule has 0 aromatic heterocycles. The maximum Gasteiger partial charge on any atom is 0.155 e. The molecule has 2 rings (SSSR count). The van der Waals surface area contributed by atoms with Gasteiger partial charge in [0.2, 0.25) is 0 Å². The van der Waals surface area contributed by atoms with Crippen LogP contribution in [-0.4, -0.2) is 31.6 Å². The average Bonchev–Trinajstić information content (AvgIpc) is 2.33. The number of hydrogen-bond acceptors (Lipinski definition) is 3. The van der Waals surface area contributed by atoms with Gasteiger partial charge in [0.05, 0.1) is 19.3 Å². The molecule has 1 aliphatic carbocycles. The van der Waals surface area contributed by atoms with E-state index in [1.165, 1.54) is 6.42 Å². The molecule has 1 aliphatic heterocycles. The Morgan fingerprint density at radius 3 is 2.69 bits per heavy atom. The first kappa shape index (κ1) is 12.1. The number of ether oxygens (including phenoxy) is 1. The predicted octanol–water partition coefficient (Wildman–Crippen LogP) is 1.62. The van der Waals surface area contributed by atoms with Crippen LogP contribution in [0.4, 0.5) is 0 Å². The minimum absolute atomic E-state index is 0.0423. The fraction of sp³-hybridized carbons (Fsp3) is 0.923. The van der Waals surface area contributed by atoms with Crippen LogP contribution < -0.4 is 5.32 Å². The third kappa shape index (κ3) is 2.64. The van der Waals surface area contributed by atoms with Crippen LogP contribution in [0.5, 0.6) is 0 Å². The minimum Gasteiger partial charge on any atom is -0.378 e. The average molecular weight is 225 g/mol. The molecule has 0 amide bonds. The molecular formula is C13H23NO2. The zero-order valence-electron chi connectivity index (χ0n) is 10.4. The standard InChI is InChI=1S/C13H23NO2/c1-9-3-4-11(7-10(9)2)13(15)12-8-16-6-5-14-12/h9-12,14H,3-8H2,1-2H3. The summed E-state index contributed by atoms with van der Waals surface area (Å²) in [6.45, 7) is 6.69. The van der Waals surface area contributed by atoms with Gasteiger partial charge in [-0.25, -0.2) is 0 Å². The number of Topliss-reactive ketones (excluding diaryl/α,β-unsaturated/α-hetero) is 1. The number of carbonyl (C=O) groups is 1. The molecule has 0 aromatic carbocycles. The van der Waals surface area contributed by atoms with Crippen molar-refractivity contribution in [2.24, 2.45) is 17.8 Å². The minimum atomic E-state index is -0.0423. The summed E-state index contributed by atoms with van der Waals surface area (Å²) in [5.74, 6) is 2.12. The molecule has 1 heterocycles. The molecule has 2 fully saturated rings. The number of carbonyl (C=O) groups excluding carboxylic acids is 1. The Morgan fingerprint density at radius 1 is 1.25 bits per heavy atom. The van der Waals surface area contributed by atoms with Crippen molar-refractivity contribution in [3.63, 3.8) is 0 Å². The normalized spacial score (nSPS) is 40.6. The topological polar surface area (TPSA) is 38.3 Å². The highest BCUT2D eigenvalue weighted by Gasteiger charge is 2.33. The number of ketones is 1. The van der Waals surface area contributed by atoms with Gasteiger partial charge in [-0.3, -0.25) is 4.79 Å². The zero-order chi connectivity index (χ0) is 11.5. The second-order valence-electron chi connectivity index (χ2n) is 5.45. The largest absolute Gasteiger partial charge is 0.378 e. The van der Waals surface area contributed by atoms with Gasteiger partial charge >= 0.3 is 0 Å². The van der Waals surface area contributed by atoms with Crippen molar-refractivity contribution in [2.45, 2.75) is 39.2 Å². The van der Waals surface area contributed by atoms with E-state index in [4.69, 9.17) is 4.74 Å². The summed E-state index contributed by atoms with van der Waals surface area (Å²) in [5, 5.41) is 3.27. The van der Waals surface area contributed by atoms with Crippen molar-refractivity contribution in [3.05, 3.63) is 0 Å². The van der Waals surface area contributed by atoms with Gasteiger partial charge in [-0.2, -0.15) is 0 Å². The van der Waals surface area contributed by atoms with Gasteiger partial charge in [-0.05, 0) is 31.1 Å². The number of rotatable bonds is 2. The fourth-order valence-electron chi connectivity index (χ4n) is 2.84. The second kappa shape index (κ2) is 5.28. The monoisotopic (exact) mass is 225 g/mol. The first-order chi connectivity index (χ1) is 7.68. The van der Waals surface area contributed by atoms with E-state index in [0.717, 1.165) is 31.9 Å². The quantitative estimate of drug-likeness (QED) is 0.776. The van der Waals surface area contributed by atoms with Gasteiger partial charge in [-0.1, -0.05) is 13.8 Å². The van der Waals surface area contributed by atoms with E-state index in [1.54, 1.807) is 0 Å². The Bertz CT molecular complexity index is 248. The molecule has 3 nitrogen and oxygen atoms in total. The molecule has 4 unspecified atom stereocenters. The van der Waals surface area contributed by atoms with E-state index in [0.29, 0.717) is 18.3 Å². The molecule has 3 heteroatoms. The second-order valence-corrected chi connectivity index (χ2v) is 5.45. The molecule has 92 valence electrons. The molecule has 0 spiro atoms. The van der Waals surface area contributed by atoms with E-state index in [2.05, 4.69) is 19.2 Å². The number of hydrogen-bond donors (Lipinski definition) is 1. The Hall–Kier alpha value is -0.410. The SMILES string of the molecule is CC1CCC(C(=O)C2COCCN2)CC1C. The summed E-state index contributed by atoms with van der Waals surface area (Å²) in [7, 11) is 0. The molecule has 2 aliphatic rings. The highest BCUT2D eigenvalue weighted by molar-refractivity contribution is 5.86. The van der Waals surface area contributed by atoms with Gasteiger partial charge < -0.3 is 10.1 Å². The third-order valence-electron chi connectivity index (χ3n) is 4.27. The van der Waals surface area contributed by atoms with Gasteiger partial charge in [0.25, 0.3) is 0 Å². The molecule has 0 bridgehead atoms. The Kier molecular flexibility index (Phi) is 3.98. The summed E-state index contributed by atoms with van der Waals surface area (Å²) in [5.41, 5.74) is 0. The predicted molar refractivity (Wildman–Crippen MR) is 63.3 cm³/mol. The number of morpholine rings is 1. The maximum atomic E-state index is 12.3. The Balaban J connectivity index is 1.89. The third-order valence-corrected chi connectivity index (χ3v) is 4.27. The summed E-state index contributed by atoms with van der Waals surface area (Å²) >= 11 is 0. The van der Waals surface area contributed by atoms with Crippen molar-refractivity contribution < 1.29 is 9.53 Å². The van der Waals surface area contributed by atoms with E-state index >= 15 is 0 Å². The zero-order valence-corrected chi connectivity index (χ0v) is 10.4. The molecule has 4 atom stereocenters. The lowest BCUT2D eigenvalue weighted by Gasteiger charge is -2.34. The van der Waals surface area contributed by atoms with Crippen molar-refractivity contribution in [2.75, 3.05) is 19.8 Å². The van der Waals surface area contributed by atoms with Crippen molar-refractivity contribution >= 4 is 5.78 Å². The summed E-state index contributed by atoms with van der Waals surface area (Å²) in [6, 6.07) is -0.0423. The van der Waals surface area contributed by atoms with Crippen LogP contribution in [0.2, 0.25) is 0 Å².